The van der Waals surface area contributed by atoms with E-state index in [0.29, 0.717) is 34.5 Å². The number of alkyl halides is 1. The lowest BCUT2D eigenvalue weighted by Gasteiger charge is -2.12. The zero-order chi connectivity index (χ0) is 16.1. The van der Waals surface area contributed by atoms with Gasteiger partial charge in [-0.2, -0.15) is 4.98 Å². The van der Waals surface area contributed by atoms with Crippen LogP contribution in [0.2, 0.25) is 0 Å². The fourth-order valence-corrected chi connectivity index (χ4v) is 2.74. The van der Waals surface area contributed by atoms with Gasteiger partial charge in [0.15, 0.2) is 5.65 Å². The molecule has 1 aliphatic carbocycles. The molecule has 0 aliphatic heterocycles. The normalized spacial score (nSPS) is 19.9. The summed E-state index contributed by atoms with van der Waals surface area (Å²) in [5, 5.41) is 0.563. The quantitative estimate of drug-likeness (QED) is 0.781. The van der Waals surface area contributed by atoms with E-state index in [4.69, 9.17) is 5.73 Å². The van der Waals surface area contributed by atoms with Gasteiger partial charge < -0.3 is 5.73 Å². The second kappa shape index (κ2) is 4.84. The van der Waals surface area contributed by atoms with Gasteiger partial charge in [-0.3, -0.25) is 4.98 Å². The Morgan fingerprint density at radius 2 is 2.09 bits per heavy atom. The first kappa shape index (κ1) is 13.8. The number of hydrogen-bond acceptors (Lipinski definition) is 5. The van der Waals surface area contributed by atoms with Crippen molar-refractivity contribution in [3.8, 4) is 5.69 Å². The van der Waals surface area contributed by atoms with Crippen molar-refractivity contribution < 1.29 is 4.39 Å². The number of pyridine rings is 2. The Morgan fingerprint density at radius 1 is 1.30 bits per heavy atom. The molecule has 0 spiro atoms. The number of fused-ring (bicyclic) bond motifs is 1. The third kappa shape index (κ3) is 2.16. The second-order valence-electron chi connectivity index (χ2n) is 5.69. The van der Waals surface area contributed by atoms with Crippen molar-refractivity contribution in [2.45, 2.75) is 25.4 Å². The molecule has 4 rings (SSSR count). The number of nitrogens with zero attached hydrogens (tertiary/aromatic N) is 4. The minimum absolute atomic E-state index is 0.120. The molecule has 1 saturated carbocycles. The first-order valence-corrected chi connectivity index (χ1v) is 7.31. The highest BCUT2D eigenvalue weighted by molar-refractivity contribution is 5.86. The van der Waals surface area contributed by atoms with Crippen LogP contribution in [0.3, 0.4) is 0 Å². The zero-order valence-corrected chi connectivity index (χ0v) is 12.4. The molecule has 0 saturated heterocycles. The molecule has 6 nitrogen and oxygen atoms in total. The molecule has 2 unspecified atom stereocenters. The summed E-state index contributed by atoms with van der Waals surface area (Å²) in [6.07, 6.45) is 1.25. The average Bonchev–Trinajstić information content (AvgIpc) is 3.25. The monoisotopic (exact) mass is 311 g/mol. The van der Waals surface area contributed by atoms with Gasteiger partial charge in [0.25, 0.3) is 0 Å². The highest BCUT2D eigenvalue weighted by atomic mass is 19.1. The summed E-state index contributed by atoms with van der Waals surface area (Å²) in [5.74, 6) is -0.0817. The summed E-state index contributed by atoms with van der Waals surface area (Å²) in [6, 6.07) is 6.99. The molecule has 2 N–H and O–H groups in total. The Kier molecular flexibility index (Phi) is 2.90. The molecule has 0 aromatic carbocycles. The van der Waals surface area contributed by atoms with Crippen LogP contribution in [0.25, 0.3) is 16.7 Å². The highest BCUT2D eigenvalue weighted by Gasteiger charge is 2.40. The number of aromatic nitrogens is 4. The summed E-state index contributed by atoms with van der Waals surface area (Å²) in [6.45, 7) is 1.80. The minimum Gasteiger partial charge on any atom is -0.383 e. The maximum Gasteiger partial charge on any atom is 0.355 e. The van der Waals surface area contributed by atoms with Gasteiger partial charge in [0.05, 0.1) is 16.8 Å². The van der Waals surface area contributed by atoms with Crippen LogP contribution in [0.5, 0.6) is 0 Å². The van der Waals surface area contributed by atoms with Gasteiger partial charge in [-0.15, -0.1) is 0 Å². The third-order valence-electron chi connectivity index (χ3n) is 4.10. The van der Waals surface area contributed by atoms with Crippen molar-refractivity contribution in [3.05, 3.63) is 52.3 Å². The number of nitrogens with two attached hydrogens (primary N) is 1. The molecular formula is C16H14FN5O. The van der Waals surface area contributed by atoms with Gasteiger partial charge in [-0.05, 0) is 37.6 Å². The fourth-order valence-electron chi connectivity index (χ4n) is 2.74. The topological polar surface area (TPSA) is 86.7 Å². The SMILES string of the molecule is Cc1ncccc1-n1c(=O)nc(N)c2ccc(C3CC3F)nc21. The van der Waals surface area contributed by atoms with Gasteiger partial charge >= 0.3 is 5.69 Å². The second-order valence-corrected chi connectivity index (χ2v) is 5.69. The Labute approximate surface area is 130 Å². The molecule has 0 amide bonds. The zero-order valence-electron chi connectivity index (χ0n) is 12.4. The van der Waals surface area contributed by atoms with E-state index in [-0.39, 0.29) is 11.7 Å². The molecule has 116 valence electrons. The molecule has 3 aromatic heterocycles. The van der Waals surface area contributed by atoms with Crippen LogP contribution >= 0.6 is 0 Å². The van der Waals surface area contributed by atoms with Crippen molar-refractivity contribution in [1.82, 2.24) is 19.5 Å². The van der Waals surface area contributed by atoms with E-state index in [1.54, 1.807) is 37.4 Å². The number of nitrogen functional groups attached to an aromatic ring is 1. The van der Waals surface area contributed by atoms with Crippen molar-refractivity contribution >= 4 is 16.9 Å². The van der Waals surface area contributed by atoms with Crippen LogP contribution in [0.15, 0.2) is 35.3 Å². The number of halogens is 1. The summed E-state index contributed by atoms with van der Waals surface area (Å²) < 4.78 is 14.7. The molecular weight excluding hydrogens is 297 g/mol. The standard InChI is InChI=1S/C16H14FN5O/c1-8-13(3-2-6-19-8)22-15-9(14(18)21-16(22)23)4-5-12(20-15)10-7-11(10)17/h2-6,10-11H,7H2,1H3,(H2,18,21,23). The lowest BCUT2D eigenvalue weighted by atomic mass is 10.2. The summed E-state index contributed by atoms with van der Waals surface area (Å²) in [4.78, 5) is 25.0. The van der Waals surface area contributed by atoms with Gasteiger partial charge in [0.1, 0.15) is 12.0 Å². The van der Waals surface area contributed by atoms with E-state index in [2.05, 4.69) is 15.0 Å². The van der Waals surface area contributed by atoms with E-state index in [9.17, 15) is 9.18 Å². The van der Waals surface area contributed by atoms with Gasteiger partial charge in [-0.1, -0.05) is 0 Å². The van der Waals surface area contributed by atoms with E-state index >= 15 is 0 Å². The number of anilines is 1. The largest absolute Gasteiger partial charge is 0.383 e. The molecule has 1 fully saturated rings. The summed E-state index contributed by atoms with van der Waals surface area (Å²) >= 11 is 0. The predicted octanol–water partition coefficient (Wildman–Crippen LogP) is 1.89. The third-order valence-corrected chi connectivity index (χ3v) is 4.10. The maximum atomic E-state index is 13.4. The van der Waals surface area contributed by atoms with Crippen LogP contribution in [0.1, 0.15) is 23.7 Å². The van der Waals surface area contributed by atoms with E-state index in [1.807, 2.05) is 0 Å². The number of hydrogen-bond donors (Lipinski definition) is 1. The molecule has 2 atom stereocenters. The van der Waals surface area contributed by atoms with Crippen molar-refractivity contribution in [2.75, 3.05) is 5.73 Å². The molecule has 3 aromatic rings. The van der Waals surface area contributed by atoms with Crippen LogP contribution in [-0.4, -0.2) is 25.7 Å². The summed E-state index contributed by atoms with van der Waals surface area (Å²) in [5.41, 5.74) is 7.61. The van der Waals surface area contributed by atoms with Crippen molar-refractivity contribution in [2.24, 2.45) is 0 Å². The van der Waals surface area contributed by atoms with Crippen LogP contribution in [-0.2, 0) is 0 Å². The molecule has 23 heavy (non-hydrogen) atoms. The van der Waals surface area contributed by atoms with Crippen LogP contribution in [0.4, 0.5) is 10.2 Å². The van der Waals surface area contributed by atoms with E-state index in [0.717, 1.165) is 0 Å². The first-order valence-electron chi connectivity index (χ1n) is 7.31. The number of rotatable bonds is 2. The van der Waals surface area contributed by atoms with Crippen LogP contribution in [0, 0.1) is 6.92 Å². The molecule has 0 radical (unpaired) electrons. The molecule has 3 heterocycles. The van der Waals surface area contributed by atoms with Crippen molar-refractivity contribution in [1.29, 1.82) is 0 Å². The van der Waals surface area contributed by atoms with Gasteiger partial charge in [0, 0.05) is 17.8 Å². The van der Waals surface area contributed by atoms with Crippen LogP contribution < -0.4 is 11.4 Å². The Balaban J connectivity index is 2.06. The fraction of sp³-hybridized carbons (Fsp3) is 0.250. The first-order chi connectivity index (χ1) is 11.1. The van der Waals surface area contributed by atoms with E-state index < -0.39 is 11.9 Å². The Hall–Kier alpha value is -2.83. The minimum atomic E-state index is -0.862. The highest BCUT2D eigenvalue weighted by Crippen LogP contribution is 2.43. The molecule has 0 bridgehead atoms. The lowest BCUT2D eigenvalue weighted by molar-refractivity contribution is 0.467. The number of aryl methyl sites for hydroxylation is 1. The predicted molar refractivity (Wildman–Crippen MR) is 84.3 cm³/mol. The smallest absolute Gasteiger partial charge is 0.355 e. The molecule has 1 aliphatic rings. The van der Waals surface area contributed by atoms with Gasteiger partial charge in [-0.25, -0.2) is 18.7 Å². The van der Waals surface area contributed by atoms with Crippen molar-refractivity contribution in [3.63, 3.8) is 0 Å². The maximum absolute atomic E-state index is 13.4. The van der Waals surface area contributed by atoms with E-state index in [1.165, 1.54) is 4.57 Å². The summed E-state index contributed by atoms with van der Waals surface area (Å²) in [7, 11) is 0. The Morgan fingerprint density at radius 3 is 2.78 bits per heavy atom. The Bertz CT molecular complexity index is 984. The lowest BCUT2D eigenvalue weighted by Crippen LogP contribution is -2.25. The average molecular weight is 311 g/mol. The molecule has 7 heteroatoms. The van der Waals surface area contributed by atoms with Gasteiger partial charge in [0.2, 0.25) is 0 Å².